The number of hydrazine groups is 1. The van der Waals surface area contributed by atoms with Gasteiger partial charge < -0.3 is 0 Å². The van der Waals surface area contributed by atoms with Crippen molar-refractivity contribution in [2.75, 3.05) is 0 Å². The molecule has 1 heterocycles. The van der Waals surface area contributed by atoms with Gasteiger partial charge in [0.05, 0.1) is 11.7 Å². The molecule has 0 fully saturated rings. The van der Waals surface area contributed by atoms with Crippen molar-refractivity contribution in [3.05, 3.63) is 42.2 Å². The highest BCUT2D eigenvalue weighted by atomic mass is 15.2. The van der Waals surface area contributed by atoms with Crippen LogP contribution in [0.5, 0.6) is 0 Å². The van der Waals surface area contributed by atoms with Crippen LogP contribution < -0.4 is 11.3 Å². The SMILES string of the molecule is C=CCCCC(NN)c1ncccc1CC. The molecule has 3 heteroatoms. The first kappa shape index (κ1) is 12.9. The Morgan fingerprint density at radius 1 is 1.62 bits per heavy atom. The molecule has 0 bridgehead atoms. The van der Waals surface area contributed by atoms with Crippen molar-refractivity contribution in [3.8, 4) is 0 Å². The molecule has 0 radical (unpaired) electrons. The van der Waals surface area contributed by atoms with E-state index in [0.29, 0.717) is 0 Å². The number of aromatic nitrogens is 1. The lowest BCUT2D eigenvalue weighted by Gasteiger charge is -2.17. The van der Waals surface area contributed by atoms with Gasteiger partial charge in [0.25, 0.3) is 0 Å². The second-order valence-electron chi connectivity index (χ2n) is 3.84. The van der Waals surface area contributed by atoms with Gasteiger partial charge in [0.15, 0.2) is 0 Å². The Balaban J connectivity index is 2.73. The van der Waals surface area contributed by atoms with Crippen LogP contribution in [0.1, 0.15) is 43.5 Å². The zero-order valence-electron chi connectivity index (χ0n) is 9.95. The van der Waals surface area contributed by atoms with E-state index in [0.717, 1.165) is 31.4 Å². The molecule has 1 atom stereocenters. The second-order valence-corrected chi connectivity index (χ2v) is 3.84. The quantitative estimate of drug-likeness (QED) is 0.320. The van der Waals surface area contributed by atoms with Crippen molar-refractivity contribution in [3.63, 3.8) is 0 Å². The molecule has 0 saturated carbocycles. The van der Waals surface area contributed by atoms with Crippen LogP contribution in [0.25, 0.3) is 0 Å². The minimum absolute atomic E-state index is 0.149. The van der Waals surface area contributed by atoms with E-state index >= 15 is 0 Å². The summed E-state index contributed by atoms with van der Waals surface area (Å²) < 4.78 is 0. The Morgan fingerprint density at radius 3 is 3.06 bits per heavy atom. The van der Waals surface area contributed by atoms with Gasteiger partial charge in [-0.2, -0.15) is 0 Å². The lowest BCUT2D eigenvalue weighted by Crippen LogP contribution is -2.29. The van der Waals surface area contributed by atoms with Gasteiger partial charge >= 0.3 is 0 Å². The van der Waals surface area contributed by atoms with Gasteiger partial charge in [0, 0.05) is 6.20 Å². The number of unbranched alkanes of at least 4 members (excludes halogenated alkanes) is 1. The molecule has 0 saturated heterocycles. The average molecular weight is 219 g/mol. The third-order valence-corrected chi connectivity index (χ3v) is 2.74. The van der Waals surface area contributed by atoms with Crippen LogP contribution in [0.3, 0.4) is 0 Å². The summed E-state index contributed by atoms with van der Waals surface area (Å²) in [5.41, 5.74) is 5.20. The smallest absolute Gasteiger partial charge is 0.0635 e. The number of hydrogen-bond acceptors (Lipinski definition) is 3. The molecule has 1 aromatic heterocycles. The van der Waals surface area contributed by atoms with E-state index in [1.54, 1.807) is 0 Å². The Hall–Kier alpha value is -1.19. The topological polar surface area (TPSA) is 50.9 Å². The van der Waals surface area contributed by atoms with Crippen molar-refractivity contribution in [2.45, 2.75) is 38.6 Å². The number of pyridine rings is 1. The van der Waals surface area contributed by atoms with Crippen LogP contribution >= 0.6 is 0 Å². The average Bonchev–Trinajstić information content (AvgIpc) is 2.35. The van der Waals surface area contributed by atoms with Gasteiger partial charge in [-0.25, -0.2) is 0 Å². The van der Waals surface area contributed by atoms with Crippen molar-refractivity contribution < 1.29 is 0 Å². The number of hydrogen-bond donors (Lipinski definition) is 2. The summed E-state index contributed by atoms with van der Waals surface area (Å²) >= 11 is 0. The summed E-state index contributed by atoms with van der Waals surface area (Å²) in [6, 6.07) is 4.23. The van der Waals surface area contributed by atoms with E-state index in [9.17, 15) is 0 Å². The highest BCUT2D eigenvalue weighted by molar-refractivity contribution is 5.22. The summed E-state index contributed by atoms with van der Waals surface area (Å²) in [5, 5.41) is 0. The van der Waals surface area contributed by atoms with Crippen LogP contribution in [0, 0.1) is 0 Å². The number of rotatable bonds is 7. The third-order valence-electron chi connectivity index (χ3n) is 2.74. The number of allylic oxidation sites excluding steroid dienone is 1. The summed E-state index contributed by atoms with van der Waals surface area (Å²) in [7, 11) is 0. The van der Waals surface area contributed by atoms with Gasteiger partial charge in [-0.05, 0) is 37.3 Å². The number of nitrogens with two attached hydrogens (primary N) is 1. The first-order chi connectivity index (χ1) is 7.83. The van der Waals surface area contributed by atoms with E-state index < -0.39 is 0 Å². The summed E-state index contributed by atoms with van der Waals surface area (Å²) in [6.07, 6.45) is 7.85. The lowest BCUT2D eigenvalue weighted by atomic mass is 10.0. The first-order valence-electron chi connectivity index (χ1n) is 5.84. The van der Waals surface area contributed by atoms with Gasteiger partial charge in [-0.1, -0.05) is 19.1 Å². The molecule has 0 amide bonds. The molecule has 3 N–H and O–H groups in total. The third kappa shape index (κ3) is 3.43. The normalized spacial score (nSPS) is 12.4. The van der Waals surface area contributed by atoms with E-state index in [2.05, 4.69) is 30.0 Å². The lowest BCUT2D eigenvalue weighted by molar-refractivity contribution is 0.486. The monoisotopic (exact) mass is 219 g/mol. The predicted molar refractivity (Wildman–Crippen MR) is 67.7 cm³/mol. The summed E-state index contributed by atoms with van der Waals surface area (Å²) in [6.45, 7) is 5.86. The summed E-state index contributed by atoms with van der Waals surface area (Å²) in [4.78, 5) is 4.43. The number of nitrogens with zero attached hydrogens (tertiary/aromatic N) is 1. The molecule has 1 aromatic rings. The van der Waals surface area contributed by atoms with E-state index in [4.69, 9.17) is 5.84 Å². The van der Waals surface area contributed by atoms with Crippen LogP contribution in [-0.4, -0.2) is 4.98 Å². The van der Waals surface area contributed by atoms with Crippen molar-refractivity contribution in [1.82, 2.24) is 10.4 Å². The van der Waals surface area contributed by atoms with Crippen LogP contribution in [-0.2, 0) is 6.42 Å². The zero-order valence-corrected chi connectivity index (χ0v) is 9.95. The fourth-order valence-electron chi connectivity index (χ4n) is 1.83. The zero-order chi connectivity index (χ0) is 11.8. The molecule has 1 rings (SSSR count). The van der Waals surface area contributed by atoms with E-state index in [1.165, 1.54) is 5.56 Å². The molecular weight excluding hydrogens is 198 g/mol. The maximum absolute atomic E-state index is 5.59. The van der Waals surface area contributed by atoms with Gasteiger partial charge in [-0.3, -0.25) is 16.3 Å². The fraction of sp³-hybridized carbons (Fsp3) is 0.462. The second kappa shape index (κ2) is 7.14. The van der Waals surface area contributed by atoms with Crippen molar-refractivity contribution in [1.29, 1.82) is 0 Å². The molecule has 0 spiro atoms. The molecule has 0 aliphatic carbocycles. The number of nitrogens with one attached hydrogen (secondary N) is 1. The molecule has 16 heavy (non-hydrogen) atoms. The van der Waals surface area contributed by atoms with Gasteiger partial charge in [0.1, 0.15) is 0 Å². The predicted octanol–water partition coefficient (Wildman–Crippen LogP) is 2.50. The van der Waals surface area contributed by atoms with Gasteiger partial charge in [0.2, 0.25) is 0 Å². The molecule has 3 nitrogen and oxygen atoms in total. The fourth-order valence-corrected chi connectivity index (χ4v) is 1.83. The van der Waals surface area contributed by atoms with Crippen molar-refractivity contribution >= 4 is 0 Å². The van der Waals surface area contributed by atoms with Crippen LogP contribution in [0.4, 0.5) is 0 Å². The van der Waals surface area contributed by atoms with E-state index in [1.807, 2.05) is 18.3 Å². The minimum Gasteiger partial charge on any atom is -0.271 e. The Kier molecular flexibility index (Phi) is 5.75. The Morgan fingerprint density at radius 2 is 2.44 bits per heavy atom. The summed E-state index contributed by atoms with van der Waals surface area (Å²) in [5.74, 6) is 5.59. The largest absolute Gasteiger partial charge is 0.271 e. The molecule has 0 aromatic carbocycles. The first-order valence-corrected chi connectivity index (χ1v) is 5.84. The maximum atomic E-state index is 5.59. The molecule has 1 unspecified atom stereocenters. The molecule has 0 aliphatic rings. The van der Waals surface area contributed by atoms with Crippen LogP contribution in [0.2, 0.25) is 0 Å². The van der Waals surface area contributed by atoms with Gasteiger partial charge in [-0.15, -0.1) is 6.58 Å². The highest BCUT2D eigenvalue weighted by Crippen LogP contribution is 2.20. The van der Waals surface area contributed by atoms with Crippen molar-refractivity contribution in [2.24, 2.45) is 5.84 Å². The molecular formula is C13H21N3. The van der Waals surface area contributed by atoms with E-state index in [-0.39, 0.29) is 6.04 Å². The highest BCUT2D eigenvalue weighted by Gasteiger charge is 2.13. The maximum Gasteiger partial charge on any atom is 0.0635 e. The minimum atomic E-state index is 0.149. The number of aryl methyl sites for hydroxylation is 1. The molecule has 88 valence electrons. The Labute approximate surface area is 97.7 Å². The van der Waals surface area contributed by atoms with Crippen LogP contribution in [0.15, 0.2) is 31.0 Å². The standard InChI is InChI=1S/C13H21N3/c1-3-5-6-9-12(16-14)13-11(4-2)8-7-10-15-13/h3,7-8,10,12,16H,1,4-6,9,14H2,2H3. The molecule has 0 aliphatic heterocycles. The Bertz CT molecular complexity index is 323.